The molecule has 25 heavy (non-hydrogen) atoms. The predicted molar refractivity (Wildman–Crippen MR) is 101 cm³/mol. The van der Waals surface area contributed by atoms with Gasteiger partial charge >= 0.3 is 5.97 Å². The quantitative estimate of drug-likeness (QED) is 0.683. The van der Waals surface area contributed by atoms with Crippen molar-refractivity contribution in [1.29, 1.82) is 0 Å². The van der Waals surface area contributed by atoms with Crippen LogP contribution in [0, 0.1) is 0 Å². The van der Waals surface area contributed by atoms with Crippen LogP contribution in [0.15, 0.2) is 48.7 Å². The van der Waals surface area contributed by atoms with Crippen molar-refractivity contribution in [2.24, 2.45) is 5.73 Å². The Morgan fingerprint density at radius 2 is 1.88 bits per heavy atom. The lowest BCUT2D eigenvalue weighted by molar-refractivity contribution is -0.142. The number of methoxy groups -OCH3 is 1. The van der Waals surface area contributed by atoms with Crippen molar-refractivity contribution in [1.82, 2.24) is 4.57 Å². The van der Waals surface area contributed by atoms with Gasteiger partial charge in [-0.2, -0.15) is 0 Å². The zero-order valence-corrected chi connectivity index (χ0v) is 15.2. The Morgan fingerprint density at radius 3 is 2.56 bits per heavy atom. The van der Waals surface area contributed by atoms with Gasteiger partial charge in [0.1, 0.15) is 6.04 Å². The van der Waals surface area contributed by atoms with Crippen molar-refractivity contribution in [3.8, 4) is 0 Å². The smallest absolute Gasteiger partial charge is 0.322 e. The van der Waals surface area contributed by atoms with Crippen LogP contribution < -0.4 is 5.73 Å². The van der Waals surface area contributed by atoms with E-state index in [-0.39, 0.29) is 0 Å². The molecule has 2 N–H and O–H groups in total. The first-order valence-corrected chi connectivity index (χ1v) is 8.58. The van der Waals surface area contributed by atoms with Gasteiger partial charge in [-0.25, -0.2) is 0 Å². The highest BCUT2D eigenvalue weighted by Gasteiger charge is 2.18. The molecule has 0 fully saturated rings. The minimum absolute atomic E-state index is 0.413. The number of hydrogen-bond acceptors (Lipinski definition) is 3. The number of fused-ring (bicyclic) bond motifs is 1. The number of ether oxygens (including phenoxy) is 1. The number of benzene rings is 2. The largest absolute Gasteiger partial charge is 0.468 e. The Labute approximate surface area is 156 Å². The molecule has 1 atom stereocenters. The van der Waals surface area contributed by atoms with Gasteiger partial charge in [-0.05, 0) is 35.4 Å². The average molecular weight is 377 g/mol. The van der Waals surface area contributed by atoms with E-state index in [0.29, 0.717) is 23.0 Å². The minimum atomic E-state index is -0.690. The number of rotatable bonds is 5. The van der Waals surface area contributed by atoms with Gasteiger partial charge in [0.2, 0.25) is 0 Å². The standard InChI is InChI=1S/C19H18Cl2N2O2/c1-25-19(24)17(22)8-13-11-23(18-5-3-2-4-16(13)18)10-12-6-14(20)9-15(21)7-12/h2-7,9,11,17H,8,10,22H2,1H3/t17-/m0/s1. The molecule has 1 heterocycles. The van der Waals surface area contributed by atoms with Crippen LogP contribution in [0.5, 0.6) is 0 Å². The van der Waals surface area contributed by atoms with Crippen molar-refractivity contribution < 1.29 is 9.53 Å². The van der Waals surface area contributed by atoms with Crippen molar-refractivity contribution in [2.45, 2.75) is 19.0 Å². The number of para-hydroxylation sites is 1. The summed E-state index contributed by atoms with van der Waals surface area (Å²) >= 11 is 12.2. The maximum atomic E-state index is 11.6. The number of aromatic nitrogens is 1. The molecule has 2 aromatic carbocycles. The number of carbonyl (C=O) groups excluding carboxylic acids is 1. The molecular formula is C19H18Cl2N2O2. The lowest BCUT2D eigenvalue weighted by Crippen LogP contribution is -2.33. The van der Waals surface area contributed by atoms with Crippen LogP contribution >= 0.6 is 23.2 Å². The first-order chi connectivity index (χ1) is 12.0. The fourth-order valence-electron chi connectivity index (χ4n) is 2.99. The molecule has 0 radical (unpaired) electrons. The molecule has 6 heteroatoms. The monoisotopic (exact) mass is 376 g/mol. The second kappa shape index (κ2) is 7.48. The molecule has 0 amide bonds. The third-order valence-electron chi connectivity index (χ3n) is 4.09. The van der Waals surface area contributed by atoms with Crippen molar-refractivity contribution in [3.63, 3.8) is 0 Å². The summed E-state index contributed by atoms with van der Waals surface area (Å²) in [5.41, 5.74) is 9.00. The molecule has 0 aliphatic rings. The van der Waals surface area contributed by atoms with E-state index in [0.717, 1.165) is 22.0 Å². The van der Waals surface area contributed by atoms with Crippen LogP contribution in [0.25, 0.3) is 10.9 Å². The van der Waals surface area contributed by atoms with Crippen LogP contribution in [0.4, 0.5) is 0 Å². The molecule has 0 unspecified atom stereocenters. The number of halogens is 2. The topological polar surface area (TPSA) is 57.2 Å². The number of nitrogens with two attached hydrogens (primary N) is 1. The summed E-state index contributed by atoms with van der Waals surface area (Å²) in [5, 5.41) is 2.27. The van der Waals surface area contributed by atoms with Gasteiger partial charge in [0, 0.05) is 40.1 Å². The first kappa shape index (κ1) is 17.8. The fraction of sp³-hybridized carbons (Fsp3) is 0.211. The lowest BCUT2D eigenvalue weighted by Gasteiger charge is -2.08. The Bertz CT molecular complexity index is 901. The molecule has 1 aromatic heterocycles. The van der Waals surface area contributed by atoms with Crippen LogP contribution in [0.3, 0.4) is 0 Å². The van der Waals surface area contributed by atoms with E-state index in [9.17, 15) is 4.79 Å². The molecular weight excluding hydrogens is 359 g/mol. The molecule has 0 bridgehead atoms. The summed E-state index contributed by atoms with van der Waals surface area (Å²) < 4.78 is 6.83. The highest BCUT2D eigenvalue weighted by Crippen LogP contribution is 2.25. The van der Waals surface area contributed by atoms with E-state index < -0.39 is 12.0 Å². The van der Waals surface area contributed by atoms with Crippen LogP contribution in [0.1, 0.15) is 11.1 Å². The summed E-state index contributed by atoms with van der Waals surface area (Å²) in [6.45, 7) is 0.619. The molecule has 0 aliphatic carbocycles. The Hall–Kier alpha value is -2.01. The maximum absolute atomic E-state index is 11.6. The zero-order valence-electron chi connectivity index (χ0n) is 13.7. The average Bonchev–Trinajstić information content (AvgIpc) is 2.91. The molecule has 0 spiro atoms. The van der Waals surface area contributed by atoms with Crippen LogP contribution in [-0.4, -0.2) is 23.7 Å². The first-order valence-electron chi connectivity index (χ1n) is 7.83. The van der Waals surface area contributed by atoms with E-state index in [1.807, 2.05) is 42.6 Å². The second-order valence-electron chi connectivity index (χ2n) is 5.91. The van der Waals surface area contributed by atoms with E-state index in [1.165, 1.54) is 7.11 Å². The summed E-state index contributed by atoms with van der Waals surface area (Å²) in [5.74, 6) is -0.418. The summed E-state index contributed by atoms with van der Waals surface area (Å²) in [4.78, 5) is 11.6. The van der Waals surface area contributed by atoms with Crippen molar-refractivity contribution >= 4 is 40.1 Å². The summed E-state index contributed by atoms with van der Waals surface area (Å²) in [6, 6.07) is 12.8. The maximum Gasteiger partial charge on any atom is 0.322 e. The number of hydrogen-bond donors (Lipinski definition) is 1. The van der Waals surface area contributed by atoms with E-state index in [4.69, 9.17) is 33.7 Å². The molecule has 0 saturated carbocycles. The van der Waals surface area contributed by atoms with Gasteiger partial charge < -0.3 is 15.0 Å². The number of carbonyl (C=O) groups is 1. The van der Waals surface area contributed by atoms with Crippen molar-refractivity contribution in [3.05, 3.63) is 69.8 Å². The Morgan fingerprint density at radius 1 is 1.20 bits per heavy atom. The number of nitrogens with zero attached hydrogens (tertiary/aromatic N) is 1. The van der Waals surface area contributed by atoms with Crippen LogP contribution in [-0.2, 0) is 22.5 Å². The fourth-order valence-corrected chi connectivity index (χ4v) is 3.56. The van der Waals surface area contributed by atoms with Gasteiger partial charge in [0.15, 0.2) is 0 Å². The Balaban J connectivity index is 1.97. The molecule has 3 aromatic rings. The summed E-state index contributed by atoms with van der Waals surface area (Å²) in [6.07, 6.45) is 2.43. The zero-order chi connectivity index (χ0) is 18.0. The molecule has 3 rings (SSSR count). The minimum Gasteiger partial charge on any atom is -0.468 e. The third-order valence-corrected chi connectivity index (χ3v) is 4.53. The highest BCUT2D eigenvalue weighted by molar-refractivity contribution is 6.34. The SMILES string of the molecule is COC(=O)[C@@H](N)Cc1cn(Cc2cc(Cl)cc(Cl)c2)c2ccccc12. The third kappa shape index (κ3) is 3.98. The second-order valence-corrected chi connectivity index (χ2v) is 6.78. The van der Waals surface area contributed by atoms with E-state index in [1.54, 1.807) is 6.07 Å². The van der Waals surface area contributed by atoms with E-state index >= 15 is 0 Å². The van der Waals surface area contributed by atoms with E-state index in [2.05, 4.69) is 4.57 Å². The normalized spacial score (nSPS) is 12.3. The molecule has 130 valence electrons. The molecule has 0 saturated heterocycles. The Kier molecular flexibility index (Phi) is 5.33. The molecule has 4 nitrogen and oxygen atoms in total. The number of esters is 1. The van der Waals surface area contributed by atoms with Gasteiger partial charge in [-0.15, -0.1) is 0 Å². The lowest BCUT2D eigenvalue weighted by atomic mass is 10.1. The van der Waals surface area contributed by atoms with Gasteiger partial charge in [0.05, 0.1) is 7.11 Å². The van der Waals surface area contributed by atoms with Crippen molar-refractivity contribution in [2.75, 3.05) is 7.11 Å². The summed E-state index contributed by atoms with van der Waals surface area (Å²) in [7, 11) is 1.34. The van der Waals surface area contributed by atoms with Crippen LogP contribution in [0.2, 0.25) is 10.0 Å². The predicted octanol–water partition coefficient (Wildman–Crippen LogP) is 4.04. The van der Waals surface area contributed by atoms with Gasteiger partial charge in [0.25, 0.3) is 0 Å². The molecule has 0 aliphatic heterocycles. The highest BCUT2D eigenvalue weighted by atomic mass is 35.5. The van der Waals surface area contributed by atoms with Gasteiger partial charge in [-0.3, -0.25) is 4.79 Å². The van der Waals surface area contributed by atoms with Gasteiger partial charge in [-0.1, -0.05) is 41.4 Å².